The first-order valence-electron chi connectivity index (χ1n) is 10.6. The average Bonchev–Trinajstić information content (AvgIpc) is 3.15. The van der Waals surface area contributed by atoms with E-state index in [9.17, 15) is 4.79 Å². The number of hydrogen-bond acceptors (Lipinski definition) is 5. The first-order valence-corrected chi connectivity index (χ1v) is 11.6. The normalized spacial score (nSPS) is 19.1. The van der Waals surface area contributed by atoms with E-state index in [1.54, 1.807) is 7.11 Å². The number of thioether (sulfide) groups is 1. The minimum Gasteiger partial charge on any atom is -0.497 e. The van der Waals surface area contributed by atoms with E-state index in [4.69, 9.17) is 4.74 Å². The van der Waals surface area contributed by atoms with Gasteiger partial charge in [0.2, 0.25) is 5.91 Å². The molecule has 1 amide bonds. The second kappa shape index (κ2) is 10.7. The summed E-state index contributed by atoms with van der Waals surface area (Å²) in [4.78, 5) is 12.5. The van der Waals surface area contributed by atoms with Crippen LogP contribution in [0.1, 0.15) is 52.4 Å². The lowest BCUT2D eigenvalue weighted by molar-refractivity contribution is -0.119. The maximum Gasteiger partial charge on any atom is 0.230 e. The van der Waals surface area contributed by atoms with Gasteiger partial charge in [-0.3, -0.25) is 4.79 Å². The third-order valence-corrected chi connectivity index (χ3v) is 6.56. The molecule has 3 rings (SSSR count). The van der Waals surface area contributed by atoms with Crippen LogP contribution in [-0.4, -0.2) is 39.6 Å². The lowest BCUT2D eigenvalue weighted by Crippen LogP contribution is -2.41. The molecule has 0 saturated heterocycles. The second-order valence-electron chi connectivity index (χ2n) is 7.76. The Morgan fingerprint density at radius 2 is 2.00 bits per heavy atom. The van der Waals surface area contributed by atoms with Crippen molar-refractivity contribution in [2.45, 2.75) is 70.1 Å². The summed E-state index contributed by atoms with van der Waals surface area (Å²) < 4.78 is 7.38. The Hall–Kier alpha value is -2.02. The molecule has 1 heterocycles. The van der Waals surface area contributed by atoms with Crippen molar-refractivity contribution < 1.29 is 9.53 Å². The molecule has 29 heavy (non-hydrogen) atoms. The first kappa shape index (κ1) is 21.7. The topological polar surface area (TPSA) is 69.0 Å². The van der Waals surface area contributed by atoms with Gasteiger partial charge in [-0.15, -0.1) is 10.2 Å². The van der Waals surface area contributed by atoms with E-state index in [1.165, 1.54) is 31.0 Å². The summed E-state index contributed by atoms with van der Waals surface area (Å²) >= 11 is 1.47. The minimum atomic E-state index is 0.0878. The molecular weight excluding hydrogens is 384 g/mol. The predicted octanol–water partition coefficient (Wildman–Crippen LogP) is 4.54. The van der Waals surface area contributed by atoms with Crippen LogP contribution in [0.15, 0.2) is 29.4 Å². The molecular formula is C22H32N4O2S. The lowest BCUT2D eigenvalue weighted by Gasteiger charge is -2.29. The minimum absolute atomic E-state index is 0.0878. The Balaban J connectivity index is 1.67. The van der Waals surface area contributed by atoms with Crippen molar-refractivity contribution >= 4 is 17.7 Å². The van der Waals surface area contributed by atoms with E-state index < -0.39 is 0 Å². The van der Waals surface area contributed by atoms with Gasteiger partial charge in [-0.25, -0.2) is 0 Å². The molecule has 2 atom stereocenters. The summed E-state index contributed by atoms with van der Waals surface area (Å²) in [5.41, 5.74) is 1.00. The molecule has 1 aliphatic carbocycles. The van der Waals surface area contributed by atoms with Crippen LogP contribution >= 0.6 is 11.8 Å². The largest absolute Gasteiger partial charge is 0.497 e. The van der Waals surface area contributed by atoms with Gasteiger partial charge < -0.3 is 14.6 Å². The van der Waals surface area contributed by atoms with Gasteiger partial charge in [0.15, 0.2) is 11.0 Å². The third kappa shape index (κ3) is 5.75. The van der Waals surface area contributed by atoms with E-state index in [1.807, 2.05) is 24.3 Å². The fourth-order valence-corrected chi connectivity index (χ4v) is 4.55. The van der Waals surface area contributed by atoms with Crippen molar-refractivity contribution in [3.8, 4) is 17.1 Å². The quantitative estimate of drug-likeness (QED) is 0.608. The molecule has 0 unspecified atom stereocenters. The number of nitrogens with one attached hydrogen (secondary N) is 1. The van der Waals surface area contributed by atoms with Crippen molar-refractivity contribution in [2.75, 3.05) is 12.9 Å². The molecule has 0 radical (unpaired) electrons. The number of carbonyl (C=O) groups excluding carboxylic acids is 1. The maximum atomic E-state index is 12.5. The zero-order valence-electron chi connectivity index (χ0n) is 17.7. The zero-order valence-corrected chi connectivity index (χ0v) is 18.5. The lowest BCUT2D eigenvalue weighted by atomic mass is 9.86. The van der Waals surface area contributed by atoms with Crippen molar-refractivity contribution in [2.24, 2.45) is 5.92 Å². The van der Waals surface area contributed by atoms with Crippen molar-refractivity contribution in [3.05, 3.63) is 24.3 Å². The summed E-state index contributed by atoms with van der Waals surface area (Å²) in [5.74, 6) is 2.68. The van der Waals surface area contributed by atoms with Crippen LogP contribution in [0.2, 0.25) is 0 Å². The monoisotopic (exact) mass is 416 g/mol. The fourth-order valence-electron chi connectivity index (χ4n) is 3.78. The Kier molecular flexibility index (Phi) is 7.98. The summed E-state index contributed by atoms with van der Waals surface area (Å²) in [6, 6.07) is 8.16. The number of aromatic nitrogens is 3. The summed E-state index contributed by atoms with van der Waals surface area (Å²) in [5, 5.41) is 12.8. The molecule has 1 aromatic carbocycles. The third-order valence-electron chi connectivity index (χ3n) is 5.59. The molecule has 2 aromatic rings. The Morgan fingerprint density at radius 3 is 2.69 bits per heavy atom. The number of amides is 1. The van der Waals surface area contributed by atoms with Gasteiger partial charge in [-0.1, -0.05) is 44.9 Å². The number of hydrogen-bond donors (Lipinski definition) is 1. The van der Waals surface area contributed by atoms with Gasteiger partial charge in [0, 0.05) is 18.2 Å². The molecule has 6 nitrogen and oxygen atoms in total. The molecule has 1 aliphatic rings. The van der Waals surface area contributed by atoms with E-state index in [2.05, 4.69) is 33.9 Å². The number of rotatable bonds is 9. The number of carbonyl (C=O) groups is 1. The molecule has 1 saturated carbocycles. The molecule has 0 spiro atoms. The van der Waals surface area contributed by atoms with Gasteiger partial charge in [-0.05, 0) is 49.4 Å². The molecule has 1 aromatic heterocycles. The Labute approximate surface area is 177 Å². The van der Waals surface area contributed by atoms with Crippen LogP contribution in [0.3, 0.4) is 0 Å². The van der Waals surface area contributed by atoms with Crippen LogP contribution < -0.4 is 10.1 Å². The van der Waals surface area contributed by atoms with E-state index >= 15 is 0 Å². The number of nitrogens with zero attached hydrogens (tertiary/aromatic N) is 3. The van der Waals surface area contributed by atoms with Gasteiger partial charge in [0.05, 0.1) is 12.9 Å². The maximum absolute atomic E-state index is 12.5. The highest BCUT2D eigenvalue weighted by molar-refractivity contribution is 7.99. The fraction of sp³-hybridized carbons (Fsp3) is 0.591. The van der Waals surface area contributed by atoms with Gasteiger partial charge >= 0.3 is 0 Å². The predicted molar refractivity (Wildman–Crippen MR) is 117 cm³/mol. The van der Waals surface area contributed by atoms with Gasteiger partial charge in [0.1, 0.15) is 5.75 Å². The van der Waals surface area contributed by atoms with Crippen LogP contribution in [-0.2, 0) is 11.3 Å². The van der Waals surface area contributed by atoms with Crippen molar-refractivity contribution in [1.82, 2.24) is 20.1 Å². The summed E-state index contributed by atoms with van der Waals surface area (Å²) in [7, 11) is 1.66. The molecule has 158 valence electrons. The second-order valence-corrected chi connectivity index (χ2v) is 8.71. The zero-order chi connectivity index (χ0) is 20.6. The molecule has 0 bridgehead atoms. The average molecular weight is 417 g/mol. The molecule has 7 heteroatoms. The highest BCUT2D eigenvalue weighted by atomic mass is 32.2. The van der Waals surface area contributed by atoms with Crippen LogP contribution in [0, 0.1) is 5.92 Å². The smallest absolute Gasteiger partial charge is 0.230 e. The number of methoxy groups -OCH3 is 1. The van der Waals surface area contributed by atoms with E-state index in [0.29, 0.717) is 17.7 Å². The van der Waals surface area contributed by atoms with Crippen molar-refractivity contribution in [1.29, 1.82) is 0 Å². The van der Waals surface area contributed by atoms with Crippen LogP contribution in [0.5, 0.6) is 5.75 Å². The summed E-state index contributed by atoms with van der Waals surface area (Å²) in [6.07, 6.45) is 6.90. The van der Waals surface area contributed by atoms with Crippen LogP contribution in [0.25, 0.3) is 11.4 Å². The van der Waals surface area contributed by atoms with Gasteiger partial charge in [0.25, 0.3) is 0 Å². The molecule has 1 N–H and O–H groups in total. The van der Waals surface area contributed by atoms with Gasteiger partial charge in [-0.2, -0.15) is 0 Å². The summed E-state index contributed by atoms with van der Waals surface area (Å²) in [6.45, 7) is 5.25. The van der Waals surface area contributed by atoms with Crippen molar-refractivity contribution in [3.63, 3.8) is 0 Å². The first-order chi connectivity index (χ1) is 14.1. The Morgan fingerprint density at radius 1 is 1.24 bits per heavy atom. The standard InChI is InChI=1S/C22H32N4O2S/c1-4-5-14-26-21(17-10-12-18(28-3)13-11-17)24-25-22(26)29-15-20(27)23-19-9-7-6-8-16(19)2/h10-13,16,19H,4-9,14-15H2,1-3H3,(H,23,27)/t16-,19-/m1/s1. The number of unbranched alkanes of at least 4 members (excludes halogenated alkanes) is 1. The number of ether oxygens (including phenoxy) is 1. The molecule has 1 fully saturated rings. The SMILES string of the molecule is CCCCn1c(SCC(=O)N[C@@H]2CCCC[C@H]2C)nnc1-c1ccc(OC)cc1. The van der Waals surface area contributed by atoms with Crippen LogP contribution in [0.4, 0.5) is 0 Å². The highest BCUT2D eigenvalue weighted by Gasteiger charge is 2.23. The van der Waals surface area contributed by atoms with E-state index in [0.717, 1.165) is 48.1 Å². The Bertz CT molecular complexity index is 791. The highest BCUT2D eigenvalue weighted by Crippen LogP contribution is 2.27. The van der Waals surface area contributed by atoms with E-state index in [-0.39, 0.29) is 5.91 Å². The molecule has 0 aliphatic heterocycles. The number of benzene rings is 1.